The lowest BCUT2D eigenvalue weighted by molar-refractivity contribution is -0.142. The average molecular weight is 404 g/mol. The van der Waals surface area contributed by atoms with Crippen molar-refractivity contribution in [1.82, 2.24) is 0 Å². The van der Waals surface area contributed by atoms with Crippen molar-refractivity contribution in [3.8, 4) is 17.2 Å². The van der Waals surface area contributed by atoms with Crippen LogP contribution >= 0.6 is 11.6 Å². The van der Waals surface area contributed by atoms with Crippen molar-refractivity contribution in [2.45, 2.75) is 6.92 Å². The standard InChI is InChI=1S/C20H18ClNO6/c1-12-7-15(17(25-2)9-14(12)21)22-19(23)10-26-20(24)6-4-13-3-5-16-18(8-13)28-11-27-16/h3-9H,10-11H2,1-2H3,(H,22,23)/b6-4+. The first kappa shape index (κ1) is 19.6. The van der Waals surface area contributed by atoms with E-state index in [9.17, 15) is 9.59 Å². The summed E-state index contributed by atoms with van der Waals surface area (Å²) in [6.45, 7) is 1.55. The normalized spacial score (nSPS) is 12.1. The summed E-state index contributed by atoms with van der Waals surface area (Å²) in [5.74, 6) is 0.543. The maximum Gasteiger partial charge on any atom is 0.331 e. The lowest BCUT2D eigenvalue weighted by Crippen LogP contribution is -2.20. The molecule has 28 heavy (non-hydrogen) atoms. The molecular formula is C20H18ClNO6. The SMILES string of the molecule is COc1cc(Cl)c(C)cc1NC(=O)COC(=O)/C=C/c1ccc2c(c1)OCO2. The third-order valence-electron chi connectivity index (χ3n) is 3.91. The molecule has 1 heterocycles. The Kier molecular flexibility index (Phi) is 6.06. The number of aryl methyl sites for hydroxylation is 1. The molecule has 8 heteroatoms. The van der Waals surface area contributed by atoms with Crippen LogP contribution in [0.2, 0.25) is 5.02 Å². The predicted octanol–water partition coefficient (Wildman–Crippen LogP) is 3.58. The van der Waals surface area contributed by atoms with Gasteiger partial charge in [-0.3, -0.25) is 4.79 Å². The Labute approximate surface area is 166 Å². The number of esters is 1. The summed E-state index contributed by atoms with van der Waals surface area (Å²) in [5.41, 5.74) is 1.97. The number of ether oxygens (including phenoxy) is 4. The number of nitrogens with one attached hydrogen (secondary N) is 1. The number of fused-ring (bicyclic) bond motifs is 1. The quantitative estimate of drug-likeness (QED) is 0.586. The van der Waals surface area contributed by atoms with Gasteiger partial charge in [-0.1, -0.05) is 17.7 Å². The molecule has 0 bridgehead atoms. The topological polar surface area (TPSA) is 83.1 Å². The minimum absolute atomic E-state index is 0.178. The number of carbonyl (C=O) groups is 2. The molecule has 0 saturated heterocycles. The predicted molar refractivity (Wildman–Crippen MR) is 104 cm³/mol. The van der Waals surface area contributed by atoms with E-state index in [4.69, 9.17) is 30.5 Å². The Balaban J connectivity index is 1.53. The highest BCUT2D eigenvalue weighted by Gasteiger charge is 2.13. The van der Waals surface area contributed by atoms with Crippen molar-refractivity contribution in [2.75, 3.05) is 25.8 Å². The van der Waals surface area contributed by atoms with Gasteiger partial charge in [0.1, 0.15) is 5.75 Å². The maximum atomic E-state index is 12.1. The largest absolute Gasteiger partial charge is 0.495 e. The second-order valence-corrected chi connectivity index (χ2v) is 6.31. The molecule has 1 aliphatic heterocycles. The third-order valence-corrected chi connectivity index (χ3v) is 4.32. The second kappa shape index (κ2) is 8.67. The zero-order chi connectivity index (χ0) is 20.1. The molecular weight excluding hydrogens is 386 g/mol. The van der Waals surface area contributed by atoms with Crippen molar-refractivity contribution in [3.05, 3.63) is 52.6 Å². The van der Waals surface area contributed by atoms with E-state index in [0.717, 1.165) is 11.1 Å². The van der Waals surface area contributed by atoms with Crippen molar-refractivity contribution >= 4 is 35.2 Å². The fourth-order valence-corrected chi connectivity index (χ4v) is 2.64. The van der Waals surface area contributed by atoms with E-state index in [2.05, 4.69) is 5.32 Å². The average Bonchev–Trinajstić information content (AvgIpc) is 3.15. The highest BCUT2D eigenvalue weighted by Crippen LogP contribution is 2.33. The molecule has 146 valence electrons. The molecule has 2 aromatic rings. The highest BCUT2D eigenvalue weighted by molar-refractivity contribution is 6.31. The Morgan fingerprint density at radius 3 is 2.79 bits per heavy atom. The first-order valence-electron chi connectivity index (χ1n) is 8.34. The van der Waals surface area contributed by atoms with Crippen LogP contribution in [-0.2, 0) is 14.3 Å². The zero-order valence-electron chi connectivity index (χ0n) is 15.3. The summed E-state index contributed by atoms with van der Waals surface area (Å²) in [6, 6.07) is 8.56. The van der Waals surface area contributed by atoms with Crippen LogP contribution < -0.4 is 19.5 Å². The second-order valence-electron chi connectivity index (χ2n) is 5.90. The molecule has 0 spiro atoms. The number of hydrogen-bond donors (Lipinski definition) is 1. The number of hydrogen-bond acceptors (Lipinski definition) is 6. The monoisotopic (exact) mass is 403 g/mol. The molecule has 1 amide bonds. The van der Waals surface area contributed by atoms with E-state index in [0.29, 0.717) is 28.0 Å². The number of anilines is 1. The molecule has 0 saturated carbocycles. The third kappa shape index (κ3) is 4.75. The van der Waals surface area contributed by atoms with Gasteiger partial charge in [-0.05, 0) is 42.3 Å². The van der Waals surface area contributed by atoms with Gasteiger partial charge in [-0.25, -0.2) is 4.79 Å². The van der Waals surface area contributed by atoms with E-state index >= 15 is 0 Å². The van der Waals surface area contributed by atoms with Crippen LogP contribution in [0, 0.1) is 6.92 Å². The van der Waals surface area contributed by atoms with E-state index < -0.39 is 18.5 Å². The maximum absolute atomic E-state index is 12.1. The minimum atomic E-state index is -0.646. The number of benzene rings is 2. The van der Waals surface area contributed by atoms with Gasteiger partial charge in [0, 0.05) is 17.2 Å². The van der Waals surface area contributed by atoms with Gasteiger partial charge in [0.05, 0.1) is 12.8 Å². The summed E-state index contributed by atoms with van der Waals surface area (Å²) in [6.07, 6.45) is 2.80. The molecule has 0 aromatic heterocycles. The fraction of sp³-hybridized carbons (Fsp3) is 0.200. The number of amides is 1. The van der Waals surface area contributed by atoms with Crippen LogP contribution in [0.15, 0.2) is 36.4 Å². The molecule has 0 fully saturated rings. The first-order valence-corrected chi connectivity index (χ1v) is 8.72. The van der Waals surface area contributed by atoms with E-state index in [1.807, 2.05) is 0 Å². The number of halogens is 1. The Hall–Kier alpha value is -3.19. The van der Waals surface area contributed by atoms with Crippen molar-refractivity contribution in [3.63, 3.8) is 0 Å². The van der Waals surface area contributed by atoms with Crippen LogP contribution in [0.3, 0.4) is 0 Å². The Morgan fingerprint density at radius 2 is 2.00 bits per heavy atom. The van der Waals surface area contributed by atoms with Gasteiger partial charge in [0.25, 0.3) is 5.91 Å². The summed E-state index contributed by atoms with van der Waals surface area (Å²) < 4.78 is 20.6. The van der Waals surface area contributed by atoms with Crippen LogP contribution in [0.5, 0.6) is 17.2 Å². The van der Waals surface area contributed by atoms with Crippen molar-refractivity contribution < 1.29 is 28.5 Å². The Morgan fingerprint density at radius 1 is 1.21 bits per heavy atom. The number of carbonyl (C=O) groups excluding carboxylic acids is 2. The molecule has 0 atom stereocenters. The van der Waals surface area contributed by atoms with Gasteiger partial charge in [-0.2, -0.15) is 0 Å². The lowest BCUT2D eigenvalue weighted by atomic mass is 10.2. The number of rotatable bonds is 6. The van der Waals surface area contributed by atoms with Gasteiger partial charge in [-0.15, -0.1) is 0 Å². The first-order chi connectivity index (χ1) is 13.5. The van der Waals surface area contributed by atoms with Gasteiger partial charge < -0.3 is 24.3 Å². The van der Waals surface area contributed by atoms with Gasteiger partial charge >= 0.3 is 5.97 Å². The lowest BCUT2D eigenvalue weighted by Gasteiger charge is -2.12. The van der Waals surface area contributed by atoms with Crippen molar-refractivity contribution in [2.24, 2.45) is 0 Å². The zero-order valence-corrected chi connectivity index (χ0v) is 16.0. The smallest absolute Gasteiger partial charge is 0.331 e. The van der Waals surface area contributed by atoms with E-state index in [1.165, 1.54) is 13.2 Å². The highest BCUT2D eigenvalue weighted by atomic mass is 35.5. The number of methoxy groups -OCH3 is 1. The molecule has 3 rings (SSSR count). The van der Waals surface area contributed by atoms with E-state index in [-0.39, 0.29) is 6.79 Å². The Bertz CT molecular complexity index is 941. The van der Waals surface area contributed by atoms with Gasteiger partial charge in [0.2, 0.25) is 6.79 Å². The van der Waals surface area contributed by atoms with Crippen LogP contribution in [0.25, 0.3) is 6.08 Å². The summed E-state index contributed by atoms with van der Waals surface area (Å²) in [7, 11) is 1.47. The molecule has 0 aliphatic carbocycles. The fourth-order valence-electron chi connectivity index (χ4n) is 2.48. The summed E-state index contributed by atoms with van der Waals surface area (Å²) in [4.78, 5) is 23.9. The molecule has 2 aromatic carbocycles. The minimum Gasteiger partial charge on any atom is -0.495 e. The van der Waals surface area contributed by atoms with Crippen LogP contribution in [0.4, 0.5) is 5.69 Å². The van der Waals surface area contributed by atoms with Gasteiger partial charge in [0.15, 0.2) is 18.1 Å². The summed E-state index contributed by atoms with van der Waals surface area (Å²) in [5, 5.41) is 3.16. The molecule has 0 radical (unpaired) electrons. The van der Waals surface area contributed by atoms with E-state index in [1.54, 1.807) is 43.3 Å². The van der Waals surface area contributed by atoms with Crippen molar-refractivity contribution in [1.29, 1.82) is 0 Å². The van der Waals surface area contributed by atoms with Crippen LogP contribution in [0.1, 0.15) is 11.1 Å². The molecule has 1 N–H and O–H groups in total. The van der Waals surface area contributed by atoms with Crippen LogP contribution in [-0.4, -0.2) is 32.4 Å². The summed E-state index contributed by atoms with van der Waals surface area (Å²) >= 11 is 6.04. The molecule has 0 unspecified atom stereocenters. The molecule has 1 aliphatic rings. The molecule has 7 nitrogen and oxygen atoms in total.